The van der Waals surface area contributed by atoms with Crippen LogP contribution >= 0.6 is 12.2 Å². The second-order valence-electron chi connectivity index (χ2n) is 6.04. The van der Waals surface area contributed by atoms with E-state index in [0.717, 1.165) is 19.3 Å². The van der Waals surface area contributed by atoms with Crippen LogP contribution in [0.3, 0.4) is 0 Å². The van der Waals surface area contributed by atoms with Crippen LogP contribution in [-0.4, -0.2) is 40.1 Å². The number of likely N-dealkylation sites (tertiary alicyclic amines) is 1. The maximum Gasteiger partial charge on any atom is 0.235 e. The molecule has 102 valence electrons. The standard InChI is InChI=1S/C13H22N2O2S/c1-8-5-13(6-8,11(14)18)12(17)15-4-3-9(2)10(16)7-15/h8-10,16H,3-7H2,1-2H3,(H2,14,18). The van der Waals surface area contributed by atoms with Gasteiger partial charge in [0.05, 0.1) is 16.5 Å². The van der Waals surface area contributed by atoms with Crippen molar-refractivity contribution in [3.8, 4) is 0 Å². The zero-order chi connectivity index (χ0) is 13.5. The summed E-state index contributed by atoms with van der Waals surface area (Å²) >= 11 is 5.10. The number of nitrogens with two attached hydrogens (primary N) is 1. The molecule has 1 aliphatic heterocycles. The monoisotopic (exact) mass is 270 g/mol. The molecular weight excluding hydrogens is 248 g/mol. The van der Waals surface area contributed by atoms with Gasteiger partial charge < -0.3 is 15.7 Å². The molecule has 0 bridgehead atoms. The van der Waals surface area contributed by atoms with Gasteiger partial charge in [0.15, 0.2) is 0 Å². The molecule has 0 radical (unpaired) electrons. The van der Waals surface area contributed by atoms with E-state index in [1.54, 1.807) is 4.90 Å². The van der Waals surface area contributed by atoms with E-state index in [-0.39, 0.29) is 11.8 Å². The van der Waals surface area contributed by atoms with Crippen LogP contribution in [0.1, 0.15) is 33.1 Å². The summed E-state index contributed by atoms with van der Waals surface area (Å²) in [6.45, 7) is 5.24. The van der Waals surface area contributed by atoms with Gasteiger partial charge in [-0.3, -0.25) is 4.79 Å². The zero-order valence-corrected chi connectivity index (χ0v) is 11.9. The van der Waals surface area contributed by atoms with Crippen molar-refractivity contribution < 1.29 is 9.90 Å². The van der Waals surface area contributed by atoms with Crippen molar-refractivity contribution in [2.75, 3.05) is 13.1 Å². The van der Waals surface area contributed by atoms with Gasteiger partial charge >= 0.3 is 0 Å². The fourth-order valence-electron chi connectivity index (χ4n) is 3.15. The Balaban J connectivity index is 2.09. The Morgan fingerprint density at radius 3 is 2.50 bits per heavy atom. The summed E-state index contributed by atoms with van der Waals surface area (Å²) in [5, 5.41) is 9.89. The lowest BCUT2D eigenvalue weighted by Gasteiger charge is -2.48. The molecule has 1 saturated heterocycles. The SMILES string of the molecule is CC1CC(C(=O)N2CCC(C)C(O)C2)(C(N)=S)C1. The number of nitrogens with zero attached hydrogens (tertiary/aromatic N) is 1. The van der Waals surface area contributed by atoms with Crippen molar-refractivity contribution in [1.29, 1.82) is 0 Å². The number of carbonyl (C=O) groups is 1. The highest BCUT2D eigenvalue weighted by atomic mass is 32.1. The van der Waals surface area contributed by atoms with E-state index in [1.807, 2.05) is 6.92 Å². The Bertz CT molecular complexity index is 366. The van der Waals surface area contributed by atoms with Crippen molar-refractivity contribution in [3.63, 3.8) is 0 Å². The van der Waals surface area contributed by atoms with Gasteiger partial charge in [-0.05, 0) is 31.1 Å². The molecule has 4 nitrogen and oxygen atoms in total. The molecular formula is C13H22N2O2S. The maximum atomic E-state index is 12.6. The number of thiocarbonyl (C=S) groups is 1. The molecule has 5 heteroatoms. The van der Waals surface area contributed by atoms with Gasteiger partial charge in [-0.2, -0.15) is 0 Å². The van der Waals surface area contributed by atoms with E-state index in [1.165, 1.54) is 0 Å². The topological polar surface area (TPSA) is 66.6 Å². The van der Waals surface area contributed by atoms with Crippen molar-refractivity contribution in [3.05, 3.63) is 0 Å². The molecule has 1 saturated carbocycles. The first-order valence-corrected chi connectivity index (χ1v) is 7.05. The van der Waals surface area contributed by atoms with Crippen LogP contribution in [0, 0.1) is 17.3 Å². The normalized spacial score (nSPS) is 40.2. The highest BCUT2D eigenvalue weighted by molar-refractivity contribution is 7.80. The number of hydrogen-bond donors (Lipinski definition) is 2. The number of piperidine rings is 1. The number of amides is 1. The third-order valence-corrected chi connectivity index (χ3v) is 4.87. The lowest BCUT2D eigenvalue weighted by molar-refractivity contribution is -0.148. The molecule has 0 spiro atoms. The van der Waals surface area contributed by atoms with E-state index >= 15 is 0 Å². The fourth-order valence-corrected chi connectivity index (χ4v) is 3.40. The molecule has 0 aromatic heterocycles. The van der Waals surface area contributed by atoms with Crippen molar-refractivity contribution >= 4 is 23.1 Å². The van der Waals surface area contributed by atoms with Crippen LogP contribution in [0.15, 0.2) is 0 Å². The molecule has 1 aliphatic carbocycles. The summed E-state index contributed by atoms with van der Waals surface area (Å²) in [7, 11) is 0. The van der Waals surface area contributed by atoms with E-state index in [9.17, 15) is 9.90 Å². The number of rotatable bonds is 2. The first-order chi connectivity index (χ1) is 8.36. The van der Waals surface area contributed by atoms with Gasteiger partial charge in [0.25, 0.3) is 0 Å². The average Bonchev–Trinajstić information content (AvgIpc) is 2.27. The Morgan fingerprint density at radius 1 is 1.44 bits per heavy atom. The minimum absolute atomic E-state index is 0.0269. The zero-order valence-electron chi connectivity index (χ0n) is 11.1. The summed E-state index contributed by atoms with van der Waals surface area (Å²) in [6, 6.07) is 0. The smallest absolute Gasteiger partial charge is 0.235 e. The molecule has 0 aromatic rings. The Hall–Kier alpha value is -0.680. The van der Waals surface area contributed by atoms with E-state index < -0.39 is 11.5 Å². The summed E-state index contributed by atoms with van der Waals surface area (Å²) in [5.74, 6) is 0.790. The van der Waals surface area contributed by atoms with Crippen molar-refractivity contribution in [2.24, 2.45) is 23.0 Å². The van der Waals surface area contributed by atoms with Gasteiger partial charge in [-0.1, -0.05) is 26.1 Å². The van der Waals surface area contributed by atoms with Crippen LogP contribution in [0.25, 0.3) is 0 Å². The Morgan fingerprint density at radius 2 is 2.06 bits per heavy atom. The Labute approximate surface area is 114 Å². The highest BCUT2D eigenvalue weighted by Crippen LogP contribution is 2.47. The molecule has 2 atom stereocenters. The highest BCUT2D eigenvalue weighted by Gasteiger charge is 2.53. The summed E-state index contributed by atoms with van der Waals surface area (Å²) in [6.07, 6.45) is 1.92. The van der Waals surface area contributed by atoms with Crippen LogP contribution < -0.4 is 5.73 Å². The molecule has 3 N–H and O–H groups in total. The quantitative estimate of drug-likeness (QED) is 0.732. The predicted molar refractivity (Wildman–Crippen MR) is 74.0 cm³/mol. The molecule has 2 rings (SSSR count). The van der Waals surface area contributed by atoms with E-state index in [4.69, 9.17) is 18.0 Å². The number of carbonyl (C=O) groups excluding carboxylic acids is 1. The third kappa shape index (κ3) is 2.14. The lowest BCUT2D eigenvalue weighted by Crippen LogP contribution is -2.59. The first kappa shape index (κ1) is 13.7. The maximum absolute atomic E-state index is 12.6. The minimum Gasteiger partial charge on any atom is -0.392 e. The van der Waals surface area contributed by atoms with Gasteiger partial charge in [0.1, 0.15) is 0 Å². The molecule has 1 heterocycles. The second-order valence-corrected chi connectivity index (χ2v) is 6.48. The molecule has 2 aliphatic rings. The van der Waals surface area contributed by atoms with Crippen LogP contribution in [0.2, 0.25) is 0 Å². The largest absolute Gasteiger partial charge is 0.392 e. The fraction of sp³-hybridized carbons (Fsp3) is 0.846. The predicted octanol–water partition coefficient (Wildman–Crippen LogP) is 0.918. The molecule has 18 heavy (non-hydrogen) atoms. The van der Waals surface area contributed by atoms with Crippen LogP contribution in [0.4, 0.5) is 0 Å². The third-order valence-electron chi connectivity index (χ3n) is 4.48. The van der Waals surface area contributed by atoms with Crippen LogP contribution in [0.5, 0.6) is 0 Å². The summed E-state index contributed by atoms with van der Waals surface area (Å²) in [4.78, 5) is 14.7. The van der Waals surface area contributed by atoms with E-state index in [2.05, 4.69) is 6.92 Å². The first-order valence-electron chi connectivity index (χ1n) is 6.64. The lowest BCUT2D eigenvalue weighted by atomic mass is 9.61. The summed E-state index contributed by atoms with van der Waals surface area (Å²) < 4.78 is 0. The van der Waals surface area contributed by atoms with Gasteiger partial charge in [0, 0.05) is 13.1 Å². The van der Waals surface area contributed by atoms with Gasteiger partial charge in [-0.25, -0.2) is 0 Å². The Kier molecular flexibility index (Phi) is 3.65. The number of aliphatic hydroxyl groups is 1. The van der Waals surface area contributed by atoms with Crippen molar-refractivity contribution in [1.82, 2.24) is 4.90 Å². The van der Waals surface area contributed by atoms with Gasteiger partial charge in [0.2, 0.25) is 5.91 Å². The number of hydrogen-bond acceptors (Lipinski definition) is 3. The molecule has 2 unspecified atom stereocenters. The number of aliphatic hydroxyl groups excluding tert-OH is 1. The average molecular weight is 270 g/mol. The minimum atomic E-state index is -0.630. The summed E-state index contributed by atoms with van der Waals surface area (Å²) in [5.41, 5.74) is 5.16. The van der Waals surface area contributed by atoms with Gasteiger partial charge in [-0.15, -0.1) is 0 Å². The van der Waals surface area contributed by atoms with Crippen LogP contribution in [-0.2, 0) is 4.79 Å². The second kappa shape index (κ2) is 4.78. The molecule has 0 aromatic carbocycles. The van der Waals surface area contributed by atoms with E-state index in [0.29, 0.717) is 24.0 Å². The molecule has 2 fully saturated rings. The van der Waals surface area contributed by atoms with Crippen molar-refractivity contribution in [2.45, 2.75) is 39.2 Å². The molecule has 1 amide bonds. The number of β-amino-alcohol motifs (C(OH)–C–C–N with tert-alkyl or cyclic N) is 1.